The first-order chi connectivity index (χ1) is 5.43. The maximum atomic E-state index is 9.75. The highest BCUT2D eigenvalue weighted by Crippen LogP contribution is 2.31. The lowest BCUT2D eigenvalue weighted by Crippen LogP contribution is -2.44. The number of aliphatic hydroxyl groups excluding tert-OH is 2. The Morgan fingerprint density at radius 3 is 2.33 bits per heavy atom. The predicted octanol–water partition coefficient (Wildman–Crippen LogP) is 0.236. The molecule has 3 N–H and O–H groups in total. The summed E-state index contributed by atoms with van der Waals surface area (Å²) in [5.74, 6) is 0. The van der Waals surface area contributed by atoms with Gasteiger partial charge in [-0.3, -0.25) is 0 Å². The first-order valence-electron chi connectivity index (χ1n) is 4.18. The van der Waals surface area contributed by atoms with Gasteiger partial charge in [-0.05, 0) is 19.5 Å². The van der Waals surface area contributed by atoms with Gasteiger partial charge >= 0.3 is 0 Å². The zero-order chi connectivity index (χ0) is 9.35. The molecule has 12 heavy (non-hydrogen) atoms. The number of aliphatic hydroxyl groups is 2. The fourth-order valence-corrected chi connectivity index (χ4v) is 3.18. The van der Waals surface area contributed by atoms with E-state index in [2.05, 4.69) is 0 Å². The van der Waals surface area contributed by atoms with E-state index in [0.29, 0.717) is 6.42 Å². The van der Waals surface area contributed by atoms with Gasteiger partial charge in [0.25, 0.3) is 0 Å². The normalized spacial score (nSPS) is 36.9. The average Bonchev–Trinajstić information content (AvgIpc) is 1.92. The van der Waals surface area contributed by atoms with E-state index < -0.39 is 20.5 Å². The van der Waals surface area contributed by atoms with Gasteiger partial charge in [-0.2, -0.15) is 0 Å². The molecule has 70 valence electrons. The molecule has 0 saturated carbocycles. The third-order valence-electron chi connectivity index (χ3n) is 2.30. The summed E-state index contributed by atoms with van der Waals surface area (Å²) in [5, 5.41) is 18.9. The van der Waals surface area contributed by atoms with Crippen molar-refractivity contribution in [1.29, 1.82) is 0 Å². The Balaban J connectivity index is 2.77. The molecular formula is C8H16O3Si. The third kappa shape index (κ3) is 1.95. The van der Waals surface area contributed by atoms with Gasteiger partial charge in [0.05, 0.1) is 12.2 Å². The Morgan fingerprint density at radius 1 is 1.33 bits per heavy atom. The second-order valence-corrected chi connectivity index (χ2v) is 7.88. The Morgan fingerprint density at radius 2 is 1.92 bits per heavy atom. The predicted molar refractivity (Wildman–Crippen MR) is 49.2 cm³/mol. The van der Waals surface area contributed by atoms with Crippen LogP contribution in [0, 0.1) is 0 Å². The molecule has 0 aromatic heterocycles. The minimum atomic E-state index is -2.36. The highest BCUT2D eigenvalue weighted by Gasteiger charge is 2.38. The van der Waals surface area contributed by atoms with Crippen LogP contribution in [0.15, 0.2) is 12.2 Å². The van der Waals surface area contributed by atoms with E-state index in [1.807, 2.05) is 12.2 Å². The van der Waals surface area contributed by atoms with Crippen LogP contribution in [-0.2, 0) is 0 Å². The lowest BCUT2D eigenvalue weighted by molar-refractivity contribution is 0.0161. The van der Waals surface area contributed by atoms with Crippen molar-refractivity contribution in [3.63, 3.8) is 0 Å². The van der Waals surface area contributed by atoms with Crippen LogP contribution < -0.4 is 0 Å². The summed E-state index contributed by atoms with van der Waals surface area (Å²) in [6, 6.07) is 0. The highest BCUT2D eigenvalue weighted by atomic mass is 28.4. The summed E-state index contributed by atoms with van der Waals surface area (Å²) < 4.78 is 0. The minimum Gasteiger partial charge on any atom is -0.432 e. The van der Waals surface area contributed by atoms with Crippen LogP contribution in [0.1, 0.15) is 6.42 Å². The summed E-state index contributed by atoms with van der Waals surface area (Å²) in [4.78, 5) is 9.75. The molecule has 0 bridgehead atoms. The van der Waals surface area contributed by atoms with Crippen LogP contribution in [0.25, 0.3) is 0 Å². The van der Waals surface area contributed by atoms with E-state index in [1.165, 1.54) is 0 Å². The molecule has 0 unspecified atom stereocenters. The second kappa shape index (κ2) is 3.30. The van der Waals surface area contributed by atoms with Crippen LogP contribution in [0.4, 0.5) is 0 Å². The van der Waals surface area contributed by atoms with Gasteiger partial charge in [-0.25, -0.2) is 0 Å². The van der Waals surface area contributed by atoms with Crippen molar-refractivity contribution in [2.75, 3.05) is 0 Å². The molecule has 3 nitrogen and oxygen atoms in total. The number of hydrogen-bond donors (Lipinski definition) is 3. The maximum Gasteiger partial charge on any atom is 0.191 e. The SMILES string of the molecule is C[Si](C)(O)[C@@H]1C=CC[C@@H](O)[C@H]1O. The maximum absolute atomic E-state index is 9.75. The number of rotatable bonds is 1. The first kappa shape index (κ1) is 9.92. The fourth-order valence-electron chi connectivity index (χ4n) is 1.51. The topological polar surface area (TPSA) is 60.7 Å². The van der Waals surface area contributed by atoms with Crippen molar-refractivity contribution >= 4 is 8.32 Å². The van der Waals surface area contributed by atoms with Crippen molar-refractivity contribution in [3.8, 4) is 0 Å². The van der Waals surface area contributed by atoms with E-state index in [-0.39, 0.29) is 5.54 Å². The van der Waals surface area contributed by atoms with Crippen molar-refractivity contribution in [2.45, 2.75) is 37.3 Å². The van der Waals surface area contributed by atoms with E-state index >= 15 is 0 Å². The summed E-state index contributed by atoms with van der Waals surface area (Å²) in [7, 11) is -2.36. The summed E-state index contributed by atoms with van der Waals surface area (Å²) in [6.45, 7) is 3.53. The lowest BCUT2D eigenvalue weighted by atomic mass is 10.0. The average molecular weight is 188 g/mol. The van der Waals surface area contributed by atoms with Gasteiger partial charge in [0.1, 0.15) is 0 Å². The van der Waals surface area contributed by atoms with Gasteiger partial charge in [0.2, 0.25) is 0 Å². The van der Waals surface area contributed by atoms with Gasteiger partial charge in [0, 0.05) is 5.54 Å². The molecule has 4 heteroatoms. The van der Waals surface area contributed by atoms with Crippen LogP contribution in [-0.4, -0.2) is 35.5 Å². The molecule has 0 fully saturated rings. The molecule has 0 aliphatic heterocycles. The molecule has 0 aromatic rings. The highest BCUT2D eigenvalue weighted by molar-refractivity contribution is 6.72. The van der Waals surface area contributed by atoms with Gasteiger partial charge in [0.15, 0.2) is 8.32 Å². The van der Waals surface area contributed by atoms with E-state index in [4.69, 9.17) is 0 Å². The first-order valence-corrected chi connectivity index (χ1v) is 7.20. The lowest BCUT2D eigenvalue weighted by Gasteiger charge is -2.33. The summed E-state index contributed by atoms with van der Waals surface area (Å²) in [6.07, 6.45) is 2.64. The molecule has 1 rings (SSSR count). The van der Waals surface area contributed by atoms with Crippen molar-refractivity contribution in [2.24, 2.45) is 0 Å². The molecule has 0 amide bonds. The zero-order valence-electron chi connectivity index (χ0n) is 7.44. The summed E-state index contributed by atoms with van der Waals surface area (Å²) >= 11 is 0. The standard InChI is InChI=1S/C8H16O3Si/c1-12(2,11)7-5-3-4-6(9)8(7)10/h3,5-11H,4H2,1-2H3/t6-,7-,8-/m1/s1. The van der Waals surface area contributed by atoms with Crippen molar-refractivity contribution in [3.05, 3.63) is 12.2 Å². The van der Waals surface area contributed by atoms with Gasteiger partial charge < -0.3 is 15.0 Å². The van der Waals surface area contributed by atoms with Crippen LogP contribution in [0.5, 0.6) is 0 Å². The Hall–Kier alpha value is -0.163. The Bertz CT molecular complexity index is 185. The monoisotopic (exact) mass is 188 g/mol. The van der Waals surface area contributed by atoms with E-state index in [0.717, 1.165) is 0 Å². The molecule has 0 spiro atoms. The van der Waals surface area contributed by atoms with Crippen molar-refractivity contribution in [1.82, 2.24) is 0 Å². The van der Waals surface area contributed by atoms with Crippen LogP contribution in [0.2, 0.25) is 18.6 Å². The smallest absolute Gasteiger partial charge is 0.191 e. The third-order valence-corrected chi connectivity index (χ3v) is 4.46. The molecule has 0 saturated heterocycles. The van der Waals surface area contributed by atoms with E-state index in [1.54, 1.807) is 13.1 Å². The van der Waals surface area contributed by atoms with Gasteiger partial charge in [-0.15, -0.1) is 0 Å². The molecule has 0 aromatic carbocycles. The fraction of sp³-hybridized carbons (Fsp3) is 0.750. The van der Waals surface area contributed by atoms with Crippen LogP contribution in [0.3, 0.4) is 0 Å². The largest absolute Gasteiger partial charge is 0.432 e. The van der Waals surface area contributed by atoms with E-state index in [9.17, 15) is 15.0 Å². The molecule has 3 atom stereocenters. The molecule has 1 aliphatic carbocycles. The van der Waals surface area contributed by atoms with Crippen LogP contribution >= 0.6 is 0 Å². The zero-order valence-corrected chi connectivity index (χ0v) is 8.44. The molecule has 0 radical (unpaired) electrons. The quantitative estimate of drug-likeness (QED) is 0.408. The molecular weight excluding hydrogens is 172 g/mol. The van der Waals surface area contributed by atoms with Gasteiger partial charge in [-0.1, -0.05) is 12.2 Å². The molecule has 0 heterocycles. The Labute approximate surface area is 73.5 Å². The second-order valence-electron chi connectivity index (χ2n) is 3.90. The number of hydrogen-bond acceptors (Lipinski definition) is 3. The molecule has 1 aliphatic rings. The minimum absolute atomic E-state index is 0.235. The summed E-state index contributed by atoms with van der Waals surface area (Å²) in [5.41, 5.74) is -0.235. The van der Waals surface area contributed by atoms with Crippen molar-refractivity contribution < 1.29 is 15.0 Å². The Kier molecular flexibility index (Phi) is 2.73.